The van der Waals surface area contributed by atoms with Gasteiger partial charge in [-0.15, -0.1) is 0 Å². The van der Waals surface area contributed by atoms with Crippen molar-refractivity contribution in [2.75, 3.05) is 24.5 Å². The molecule has 1 N–H and O–H groups in total. The molecule has 8 heteroatoms. The van der Waals surface area contributed by atoms with Gasteiger partial charge in [-0.05, 0) is 62.3 Å². The molecule has 1 aromatic rings. The summed E-state index contributed by atoms with van der Waals surface area (Å²) in [5.41, 5.74) is -0.470. The Morgan fingerprint density at radius 3 is 2.96 bits per heavy atom. The maximum atomic E-state index is 11.8. The van der Waals surface area contributed by atoms with Crippen molar-refractivity contribution in [2.45, 2.75) is 52.2 Å². The van der Waals surface area contributed by atoms with Crippen LogP contribution in [-0.4, -0.2) is 51.5 Å². The van der Waals surface area contributed by atoms with Crippen LogP contribution in [0.3, 0.4) is 0 Å². The Labute approximate surface area is 148 Å². The van der Waals surface area contributed by atoms with Crippen LogP contribution in [0, 0.1) is 11.8 Å². The number of amides is 1. The first-order chi connectivity index (χ1) is 11.9. The van der Waals surface area contributed by atoms with Gasteiger partial charge in [0.05, 0.1) is 6.54 Å². The number of tetrazole rings is 1. The zero-order valence-electron chi connectivity index (χ0n) is 15.3. The summed E-state index contributed by atoms with van der Waals surface area (Å²) in [6, 6.07) is 0. The lowest BCUT2D eigenvalue weighted by Gasteiger charge is -2.21. The second kappa shape index (κ2) is 7.41. The van der Waals surface area contributed by atoms with Crippen molar-refractivity contribution in [3.63, 3.8) is 0 Å². The Kier molecular flexibility index (Phi) is 5.24. The van der Waals surface area contributed by atoms with Crippen LogP contribution in [0.4, 0.5) is 10.7 Å². The number of carbonyl (C=O) groups excluding carboxylic acids is 1. The monoisotopic (exact) mass is 348 g/mol. The third-order valence-electron chi connectivity index (χ3n) is 4.54. The van der Waals surface area contributed by atoms with Gasteiger partial charge >= 0.3 is 6.09 Å². The average Bonchev–Trinajstić information content (AvgIpc) is 3.25. The molecule has 2 atom stereocenters. The minimum Gasteiger partial charge on any atom is -0.444 e. The molecule has 1 aromatic heterocycles. The second-order valence-electron chi connectivity index (χ2n) is 7.91. The molecule has 138 valence electrons. The largest absolute Gasteiger partial charge is 0.444 e. The normalized spacial score (nSPS) is 23.2. The molecule has 1 fully saturated rings. The van der Waals surface area contributed by atoms with Gasteiger partial charge in [0.15, 0.2) is 0 Å². The van der Waals surface area contributed by atoms with Gasteiger partial charge in [0.25, 0.3) is 0 Å². The van der Waals surface area contributed by atoms with E-state index in [9.17, 15) is 4.79 Å². The van der Waals surface area contributed by atoms with Crippen molar-refractivity contribution >= 4 is 12.0 Å². The van der Waals surface area contributed by atoms with Crippen LogP contribution in [-0.2, 0) is 11.3 Å². The number of alkyl carbamates (subject to hydrolysis) is 1. The van der Waals surface area contributed by atoms with Crippen LogP contribution in [0.15, 0.2) is 12.2 Å². The van der Waals surface area contributed by atoms with Crippen LogP contribution >= 0.6 is 0 Å². The van der Waals surface area contributed by atoms with E-state index in [-0.39, 0.29) is 6.09 Å². The fourth-order valence-corrected chi connectivity index (χ4v) is 3.34. The van der Waals surface area contributed by atoms with E-state index < -0.39 is 5.60 Å². The zero-order chi connectivity index (χ0) is 17.9. The summed E-state index contributed by atoms with van der Waals surface area (Å²) >= 11 is 0. The first-order valence-corrected chi connectivity index (χ1v) is 9.05. The summed E-state index contributed by atoms with van der Waals surface area (Å²) in [7, 11) is 0. The summed E-state index contributed by atoms with van der Waals surface area (Å²) in [6.45, 7) is 8.78. The molecule has 25 heavy (non-hydrogen) atoms. The SMILES string of the molecule is CC(C)(C)OC(=O)NCC1CCN(c2nnnn2CC2C=CCC2)C1. The van der Waals surface area contributed by atoms with Gasteiger partial charge < -0.3 is 15.0 Å². The van der Waals surface area contributed by atoms with E-state index in [0.717, 1.165) is 38.4 Å². The highest BCUT2D eigenvalue weighted by atomic mass is 16.6. The first kappa shape index (κ1) is 17.7. The van der Waals surface area contributed by atoms with E-state index in [1.165, 1.54) is 6.42 Å². The Morgan fingerprint density at radius 1 is 1.40 bits per heavy atom. The number of allylic oxidation sites excluding steroid dienone is 2. The Morgan fingerprint density at radius 2 is 2.24 bits per heavy atom. The van der Waals surface area contributed by atoms with Gasteiger partial charge in [-0.25, -0.2) is 9.48 Å². The molecule has 0 bridgehead atoms. The number of carbonyl (C=O) groups is 1. The number of hydrogen-bond donors (Lipinski definition) is 1. The number of nitrogens with zero attached hydrogens (tertiary/aromatic N) is 5. The molecule has 1 amide bonds. The van der Waals surface area contributed by atoms with E-state index in [4.69, 9.17) is 4.74 Å². The number of nitrogens with one attached hydrogen (secondary N) is 1. The molecule has 3 rings (SSSR count). The minimum atomic E-state index is -0.470. The number of hydrogen-bond acceptors (Lipinski definition) is 6. The predicted octanol–water partition coefficient (Wildman–Crippen LogP) is 1.99. The number of anilines is 1. The smallest absolute Gasteiger partial charge is 0.407 e. The Bertz CT molecular complexity index is 621. The molecule has 0 spiro atoms. The second-order valence-corrected chi connectivity index (χ2v) is 7.91. The van der Waals surface area contributed by atoms with Gasteiger partial charge in [-0.3, -0.25) is 0 Å². The number of aromatic nitrogens is 4. The fourth-order valence-electron chi connectivity index (χ4n) is 3.34. The van der Waals surface area contributed by atoms with E-state index in [1.54, 1.807) is 0 Å². The van der Waals surface area contributed by atoms with Crippen molar-refractivity contribution < 1.29 is 9.53 Å². The van der Waals surface area contributed by atoms with Gasteiger partial charge in [0.1, 0.15) is 5.60 Å². The van der Waals surface area contributed by atoms with Crippen molar-refractivity contribution in [1.82, 2.24) is 25.5 Å². The third-order valence-corrected chi connectivity index (χ3v) is 4.54. The molecule has 2 unspecified atom stereocenters. The molecular weight excluding hydrogens is 320 g/mol. The maximum absolute atomic E-state index is 11.8. The van der Waals surface area contributed by atoms with Crippen molar-refractivity contribution in [3.8, 4) is 0 Å². The first-order valence-electron chi connectivity index (χ1n) is 9.05. The van der Waals surface area contributed by atoms with Gasteiger partial charge in [-0.2, -0.15) is 0 Å². The lowest BCUT2D eigenvalue weighted by atomic mass is 10.1. The molecule has 1 aliphatic heterocycles. The van der Waals surface area contributed by atoms with E-state index in [2.05, 4.69) is 37.9 Å². The molecule has 1 aliphatic carbocycles. The number of ether oxygens (including phenoxy) is 1. The van der Waals surface area contributed by atoms with Gasteiger partial charge in [-0.1, -0.05) is 17.3 Å². The topological polar surface area (TPSA) is 85.2 Å². The van der Waals surface area contributed by atoms with Crippen molar-refractivity contribution in [1.29, 1.82) is 0 Å². The zero-order valence-corrected chi connectivity index (χ0v) is 15.3. The van der Waals surface area contributed by atoms with E-state index in [1.807, 2.05) is 25.5 Å². The van der Waals surface area contributed by atoms with E-state index >= 15 is 0 Å². The lowest BCUT2D eigenvalue weighted by Crippen LogP contribution is -2.36. The standard InChI is InChI=1S/C17H28N6O2/c1-17(2,3)25-16(24)18-10-14-8-9-22(11-14)15-19-20-21-23(15)12-13-6-4-5-7-13/h4,6,13-14H,5,7-12H2,1-3H3,(H,18,24). The highest BCUT2D eigenvalue weighted by molar-refractivity contribution is 5.67. The lowest BCUT2D eigenvalue weighted by molar-refractivity contribution is 0.0520. The van der Waals surface area contributed by atoms with Crippen molar-refractivity contribution in [2.24, 2.45) is 11.8 Å². The van der Waals surface area contributed by atoms with E-state index in [0.29, 0.717) is 18.4 Å². The highest BCUT2D eigenvalue weighted by Crippen LogP contribution is 2.24. The molecule has 0 aromatic carbocycles. The van der Waals surface area contributed by atoms with Crippen LogP contribution in [0.2, 0.25) is 0 Å². The average molecular weight is 348 g/mol. The molecule has 2 heterocycles. The predicted molar refractivity (Wildman–Crippen MR) is 94.2 cm³/mol. The molecule has 1 saturated heterocycles. The van der Waals surface area contributed by atoms with Gasteiger partial charge in [0.2, 0.25) is 5.95 Å². The summed E-state index contributed by atoms with van der Waals surface area (Å²) in [6.07, 6.45) is 7.44. The molecular formula is C17H28N6O2. The molecule has 8 nitrogen and oxygen atoms in total. The summed E-state index contributed by atoms with van der Waals surface area (Å²) < 4.78 is 7.19. The highest BCUT2D eigenvalue weighted by Gasteiger charge is 2.28. The Hall–Kier alpha value is -2.12. The summed E-state index contributed by atoms with van der Waals surface area (Å²) in [5, 5.41) is 15.1. The van der Waals surface area contributed by atoms with Crippen LogP contribution in [0.1, 0.15) is 40.0 Å². The van der Waals surface area contributed by atoms with Crippen molar-refractivity contribution in [3.05, 3.63) is 12.2 Å². The van der Waals surface area contributed by atoms with Crippen LogP contribution in [0.25, 0.3) is 0 Å². The summed E-state index contributed by atoms with van der Waals surface area (Å²) in [4.78, 5) is 14.0. The molecule has 0 saturated carbocycles. The number of rotatable bonds is 5. The quantitative estimate of drug-likeness (QED) is 0.819. The maximum Gasteiger partial charge on any atom is 0.407 e. The third kappa shape index (κ3) is 4.93. The fraction of sp³-hybridized carbons (Fsp3) is 0.765. The molecule has 2 aliphatic rings. The van der Waals surface area contributed by atoms with Crippen LogP contribution in [0.5, 0.6) is 0 Å². The Balaban J connectivity index is 1.49. The minimum absolute atomic E-state index is 0.358. The summed E-state index contributed by atoms with van der Waals surface area (Å²) in [5.74, 6) is 1.73. The molecule has 0 radical (unpaired) electrons. The van der Waals surface area contributed by atoms with Crippen LogP contribution < -0.4 is 10.2 Å². The van der Waals surface area contributed by atoms with Gasteiger partial charge in [0, 0.05) is 19.6 Å².